The lowest BCUT2D eigenvalue weighted by molar-refractivity contribution is -0.146. The van der Waals surface area contributed by atoms with Gasteiger partial charge in [0.05, 0.1) is 17.3 Å². The second kappa shape index (κ2) is 6.60. The van der Waals surface area contributed by atoms with Crippen LogP contribution in [0.15, 0.2) is 12.1 Å². The van der Waals surface area contributed by atoms with Crippen molar-refractivity contribution in [3.63, 3.8) is 0 Å². The smallest absolute Gasteiger partial charge is 0.334 e. The average Bonchev–Trinajstić information content (AvgIpc) is 2.32. The molecule has 0 aliphatic heterocycles. The van der Waals surface area contributed by atoms with Crippen LogP contribution in [0.4, 0.5) is 10.5 Å². The number of carbonyl (C=O) groups excluding carboxylic acids is 1. The summed E-state index contributed by atoms with van der Waals surface area (Å²) in [5, 5.41) is 22.8. The Kier molecular flexibility index (Phi) is 5.41. The highest BCUT2D eigenvalue weighted by Gasteiger charge is 2.14. The van der Waals surface area contributed by atoms with Crippen LogP contribution in [-0.2, 0) is 4.79 Å². The molecule has 4 N–H and O–H groups in total. The number of aliphatic hydroxyl groups is 1. The molecule has 2 amide bonds. The number of aryl methyl sites for hydroxylation is 1. The summed E-state index contributed by atoms with van der Waals surface area (Å²) >= 11 is 11.8. The molecule has 1 atom stereocenters. The summed E-state index contributed by atoms with van der Waals surface area (Å²) in [5.41, 5.74) is 1.05. The molecule has 6 nitrogen and oxygen atoms in total. The first-order valence-electron chi connectivity index (χ1n) is 5.22. The van der Waals surface area contributed by atoms with E-state index in [1.807, 2.05) is 0 Å². The number of amides is 2. The molecule has 0 aromatic heterocycles. The van der Waals surface area contributed by atoms with Crippen molar-refractivity contribution in [2.75, 3.05) is 11.9 Å². The van der Waals surface area contributed by atoms with Crippen LogP contribution in [0, 0.1) is 6.92 Å². The molecule has 0 heterocycles. The number of hydrogen-bond acceptors (Lipinski definition) is 3. The monoisotopic (exact) mass is 306 g/mol. The van der Waals surface area contributed by atoms with Gasteiger partial charge in [-0.2, -0.15) is 0 Å². The number of carboxylic acid groups (broad SMARTS) is 1. The van der Waals surface area contributed by atoms with Crippen LogP contribution in [0.25, 0.3) is 0 Å². The van der Waals surface area contributed by atoms with E-state index in [2.05, 4.69) is 10.6 Å². The van der Waals surface area contributed by atoms with Gasteiger partial charge in [-0.15, -0.1) is 0 Å². The van der Waals surface area contributed by atoms with Gasteiger partial charge in [-0.25, -0.2) is 9.59 Å². The molecule has 0 radical (unpaired) electrons. The molecule has 104 valence electrons. The average molecular weight is 307 g/mol. The minimum Gasteiger partial charge on any atom is -0.479 e. The van der Waals surface area contributed by atoms with Gasteiger partial charge in [0.15, 0.2) is 6.10 Å². The number of carbonyl (C=O) groups is 2. The van der Waals surface area contributed by atoms with Crippen LogP contribution in [0.5, 0.6) is 0 Å². The van der Waals surface area contributed by atoms with Crippen molar-refractivity contribution < 1.29 is 19.8 Å². The molecule has 0 aliphatic rings. The highest BCUT2D eigenvalue weighted by atomic mass is 35.5. The van der Waals surface area contributed by atoms with E-state index in [4.69, 9.17) is 33.4 Å². The summed E-state index contributed by atoms with van der Waals surface area (Å²) in [4.78, 5) is 21.8. The topological polar surface area (TPSA) is 98.7 Å². The lowest BCUT2D eigenvalue weighted by Gasteiger charge is -2.11. The number of rotatable bonds is 4. The second-order valence-corrected chi connectivity index (χ2v) is 4.58. The first-order valence-corrected chi connectivity index (χ1v) is 5.98. The third-order valence-corrected chi connectivity index (χ3v) is 2.96. The number of halogens is 2. The summed E-state index contributed by atoms with van der Waals surface area (Å²) < 4.78 is 0. The molecule has 19 heavy (non-hydrogen) atoms. The van der Waals surface area contributed by atoms with Gasteiger partial charge in [-0.3, -0.25) is 0 Å². The van der Waals surface area contributed by atoms with Crippen molar-refractivity contribution in [1.29, 1.82) is 0 Å². The maximum absolute atomic E-state index is 11.5. The van der Waals surface area contributed by atoms with E-state index in [0.29, 0.717) is 15.7 Å². The Bertz CT molecular complexity index is 508. The normalized spacial score (nSPS) is 11.8. The predicted molar refractivity (Wildman–Crippen MR) is 71.9 cm³/mol. The van der Waals surface area contributed by atoms with Crippen LogP contribution < -0.4 is 10.6 Å². The van der Waals surface area contributed by atoms with Crippen molar-refractivity contribution in [3.05, 3.63) is 27.7 Å². The number of aliphatic carboxylic acids is 1. The molecule has 0 unspecified atom stereocenters. The molecule has 1 aromatic carbocycles. The summed E-state index contributed by atoms with van der Waals surface area (Å²) in [7, 11) is 0. The van der Waals surface area contributed by atoms with E-state index < -0.39 is 24.6 Å². The number of carboxylic acids is 1. The number of urea groups is 1. The van der Waals surface area contributed by atoms with Crippen LogP contribution >= 0.6 is 23.2 Å². The standard InChI is InChI=1S/C11H12Cl2N2O4/c1-5-2-7(13)8(3-6(5)12)15-11(19)14-4-9(16)10(17)18/h2-3,9,16H,4H2,1H3,(H,17,18)(H2,14,15,19)/t9-/m0/s1. The Morgan fingerprint density at radius 3 is 2.53 bits per heavy atom. The van der Waals surface area contributed by atoms with E-state index in [1.54, 1.807) is 13.0 Å². The Hall–Kier alpha value is -1.50. The number of nitrogens with one attached hydrogen (secondary N) is 2. The van der Waals surface area contributed by atoms with Crippen LogP contribution in [0.2, 0.25) is 10.0 Å². The van der Waals surface area contributed by atoms with Gasteiger partial charge >= 0.3 is 12.0 Å². The Morgan fingerprint density at radius 2 is 1.95 bits per heavy atom. The maximum Gasteiger partial charge on any atom is 0.334 e. The largest absolute Gasteiger partial charge is 0.479 e. The Balaban J connectivity index is 2.62. The molecule has 1 rings (SSSR count). The molecule has 0 saturated carbocycles. The molecule has 0 saturated heterocycles. The molecule has 0 fully saturated rings. The summed E-state index contributed by atoms with van der Waals surface area (Å²) in [5.74, 6) is -1.42. The number of hydrogen-bond donors (Lipinski definition) is 4. The molecule has 0 bridgehead atoms. The zero-order valence-corrected chi connectivity index (χ0v) is 11.4. The van der Waals surface area contributed by atoms with Crippen LogP contribution in [-0.4, -0.2) is 34.9 Å². The zero-order chi connectivity index (χ0) is 14.6. The van der Waals surface area contributed by atoms with Gasteiger partial charge in [0.25, 0.3) is 0 Å². The van der Waals surface area contributed by atoms with Crippen molar-refractivity contribution >= 4 is 40.9 Å². The minimum absolute atomic E-state index is 0.291. The van der Waals surface area contributed by atoms with Crippen molar-refractivity contribution in [2.24, 2.45) is 0 Å². The lowest BCUT2D eigenvalue weighted by Crippen LogP contribution is -2.38. The molecule has 0 aliphatic carbocycles. The van der Waals surface area contributed by atoms with Gasteiger partial charge in [0, 0.05) is 5.02 Å². The van der Waals surface area contributed by atoms with E-state index in [9.17, 15) is 9.59 Å². The maximum atomic E-state index is 11.5. The lowest BCUT2D eigenvalue weighted by atomic mass is 10.2. The summed E-state index contributed by atoms with van der Waals surface area (Å²) in [6.45, 7) is 1.35. The van der Waals surface area contributed by atoms with Gasteiger partial charge in [0.2, 0.25) is 0 Å². The van der Waals surface area contributed by atoms with Gasteiger partial charge in [-0.1, -0.05) is 23.2 Å². The first-order chi connectivity index (χ1) is 8.81. The number of benzene rings is 1. The fraction of sp³-hybridized carbons (Fsp3) is 0.273. The fourth-order valence-corrected chi connectivity index (χ4v) is 1.61. The molecular formula is C11H12Cl2N2O4. The highest BCUT2D eigenvalue weighted by molar-refractivity contribution is 6.36. The highest BCUT2D eigenvalue weighted by Crippen LogP contribution is 2.28. The quantitative estimate of drug-likeness (QED) is 0.682. The van der Waals surface area contributed by atoms with Crippen molar-refractivity contribution in [3.8, 4) is 0 Å². The van der Waals surface area contributed by atoms with Gasteiger partial charge in [-0.05, 0) is 24.6 Å². The van der Waals surface area contributed by atoms with Gasteiger partial charge in [0.1, 0.15) is 0 Å². The van der Waals surface area contributed by atoms with Gasteiger partial charge < -0.3 is 20.8 Å². The minimum atomic E-state index is -1.66. The fourth-order valence-electron chi connectivity index (χ4n) is 1.19. The third-order valence-electron chi connectivity index (χ3n) is 2.24. The van der Waals surface area contributed by atoms with Crippen molar-refractivity contribution in [1.82, 2.24) is 5.32 Å². The van der Waals surface area contributed by atoms with E-state index >= 15 is 0 Å². The Morgan fingerprint density at radius 1 is 1.32 bits per heavy atom. The number of aliphatic hydroxyl groups excluding tert-OH is 1. The second-order valence-electron chi connectivity index (χ2n) is 3.77. The molecule has 1 aromatic rings. The zero-order valence-electron chi connectivity index (χ0n) is 9.91. The third kappa shape index (κ3) is 4.59. The van der Waals surface area contributed by atoms with E-state index in [-0.39, 0.29) is 0 Å². The first kappa shape index (κ1) is 15.6. The Labute approximate surface area is 119 Å². The van der Waals surface area contributed by atoms with Crippen LogP contribution in [0.1, 0.15) is 5.56 Å². The predicted octanol–water partition coefficient (Wildman–Crippen LogP) is 1.87. The molecule has 0 spiro atoms. The summed E-state index contributed by atoms with van der Waals surface area (Å²) in [6.07, 6.45) is -1.66. The van der Waals surface area contributed by atoms with Crippen molar-refractivity contribution in [2.45, 2.75) is 13.0 Å². The number of anilines is 1. The molecular weight excluding hydrogens is 295 g/mol. The van der Waals surface area contributed by atoms with Crippen LogP contribution in [0.3, 0.4) is 0 Å². The molecule has 8 heteroatoms. The van der Waals surface area contributed by atoms with E-state index in [0.717, 1.165) is 5.56 Å². The van der Waals surface area contributed by atoms with E-state index in [1.165, 1.54) is 6.07 Å². The summed E-state index contributed by atoms with van der Waals surface area (Å²) in [6, 6.07) is 2.38. The SMILES string of the molecule is Cc1cc(Cl)c(NC(=O)NC[C@H](O)C(=O)O)cc1Cl.